The van der Waals surface area contributed by atoms with Gasteiger partial charge < -0.3 is 14.7 Å². The Kier molecular flexibility index (Phi) is 14.7. The van der Waals surface area contributed by atoms with Gasteiger partial charge in [-0.3, -0.25) is 5.32 Å². The summed E-state index contributed by atoms with van der Waals surface area (Å²) >= 11 is 0. The van der Waals surface area contributed by atoms with Crippen molar-refractivity contribution in [3.63, 3.8) is 0 Å². The lowest BCUT2D eigenvalue weighted by Crippen LogP contribution is -2.27. The van der Waals surface area contributed by atoms with Crippen molar-refractivity contribution in [2.75, 3.05) is 31.6 Å². The number of anilines is 1. The lowest BCUT2D eigenvalue weighted by atomic mass is 10.1. The van der Waals surface area contributed by atoms with Crippen LogP contribution in [0, 0.1) is 0 Å². The van der Waals surface area contributed by atoms with Crippen LogP contribution in [0.2, 0.25) is 0 Å². The third kappa shape index (κ3) is 11.5. The Bertz CT molecular complexity index is 833. The molecule has 0 atom stereocenters. The van der Waals surface area contributed by atoms with Crippen LogP contribution in [0.3, 0.4) is 0 Å². The molecule has 0 saturated heterocycles. The van der Waals surface area contributed by atoms with Gasteiger partial charge in [-0.15, -0.1) is 12.4 Å². The van der Waals surface area contributed by atoms with E-state index in [1.54, 1.807) is 0 Å². The molecule has 2 rings (SSSR count). The van der Waals surface area contributed by atoms with E-state index in [1.807, 2.05) is 0 Å². The van der Waals surface area contributed by atoms with Gasteiger partial charge in [0.25, 0.3) is 0 Å². The van der Waals surface area contributed by atoms with Crippen LogP contribution in [0.4, 0.5) is 10.5 Å². The number of carboxylic acids is 1. The minimum Gasteiger partial charge on any atom is -0.478 e. The predicted molar refractivity (Wildman–Crippen MR) is 140 cm³/mol. The molecule has 0 aromatic heterocycles. The fourth-order valence-electron chi connectivity index (χ4n) is 3.59. The Morgan fingerprint density at radius 1 is 0.824 bits per heavy atom. The summed E-state index contributed by atoms with van der Waals surface area (Å²) in [6, 6.07) is 14.5. The largest absolute Gasteiger partial charge is 0.478 e. The first-order valence-corrected chi connectivity index (χ1v) is 12.1. The molecular formula is C27H39ClN2O4. The van der Waals surface area contributed by atoms with Crippen molar-refractivity contribution in [3.05, 3.63) is 65.2 Å². The molecule has 0 aliphatic carbocycles. The molecule has 0 radical (unpaired) electrons. The monoisotopic (exact) mass is 490 g/mol. The van der Waals surface area contributed by atoms with Crippen LogP contribution >= 0.6 is 12.4 Å². The molecule has 6 nitrogen and oxygen atoms in total. The molecule has 0 saturated carbocycles. The minimum absolute atomic E-state index is 0. The third-order valence-corrected chi connectivity index (χ3v) is 5.62. The highest BCUT2D eigenvalue weighted by atomic mass is 35.5. The minimum atomic E-state index is -1.00. The maximum absolute atomic E-state index is 11.9. The van der Waals surface area contributed by atoms with Gasteiger partial charge in [0.1, 0.15) is 0 Å². The van der Waals surface area contributed by atoms with E-state index in [4.69, 9.17) is 9.84 Å². The van der Waals surface area contributed by atoms with Crippen LogP contribution in [-0.4, -0.2) is 48.3 Å². The molecule has 0 aliphatic rings. The smallest absolute Gasteiger partial charge is 0.411 e. The summed E-state index contributed by atoms with van der Waals surface area (Å²) in [7, 11) is 0. The van der Waals surface area contributed by atoms with Crippen LogP contribution in [-0.2, 0) is 17.6 Å². The standard InChI is InChI=1S/C27H38N2O4.ClH/c1-3-5-18-29(19-6-4-2)20-7-8-22-9-11-23(12-10-22)17-21-33-27(32)28-25-15-13-24(14-16-25)26(30)31;/h9-16H,3-8,17-21H2,1-2H3,(H,28,32)(H,30,31);1H. The number of nitrogens with one attached hydrogen (secondary N) is 1. The van der Waals surface area contributed by atoms with E-state index in [9.17, 15) is 9.59 Å². The summed E-state index contributed by atoms with van der Waals surface area (Å²) < 4.78 is 5.24. The number of unbranched alkanes of at least 4 members (excludes halogenated alkanes) is 2. The number of hydrogen-bond acceptors (Lipinski definition) is 4. The lowest BCUT2D eigenvalue weighted by molar-refractivity contribution is 0.0697. The van der Waals surface area contributed by atoms with Crippen LogP contribution in [0.5, 0.6) is 0 Å². The first-order chi connectivity index (χ1) is 16.0. The predicted octanol–water partition coefficient (Wildman–Crippen LogP) is 6.43. The Morgan fingerprint density at radius 2 is 1.35 bits per heavy atom. The maximum Gasteiger partial charge on any atom is 0.411 e. The van der Waals surface area contributed by atoms with Gasteiger partial charge in [-0.1, -0.05) is 51.0 Å². The highest BCUT2D eigenvalue weighted by Crippen LogP contribution is 2.11. The number of carbonyl (C=O) groups is 2. The highest BCUT2D eigenvalue weighted by molar-refractivity contribution is 5.89. The normalized spacial score (nSPS) is 10.6. The van der Waals surface area contributed by atoms with Crippen molar-refractivity contribution < 1.29 is 19.4 Å². The van der Waals surface area contributed by atoms with Crippen LogP contribution in [0.1, 0.15) is 67.4 Å². The van der Waals surface area contributed by atoms with Crippen LogP contribution in [0.15, 0.2) is 48.5 Å². The number of hydrogen-bond donors (Lipinski definition) is 2. The molecule has 0 aliphatic heterocycles. The molecule has 7 heteroatoms. The molecule has 2 N–H and O–H groups in total. The Balaban J connectivity index is 0.00000578. The van der Waals surface area contributed by atoms with E-state index in [1.165, 1.54) is 75.0 Å². The molecule has 0 bridgehead atoms. The number of ether oxygens (including phenoxy) is 1. The molecule has 0 spiro atoms. The second kappa shape index (κ2) is 17.0. The van der Waals surface area contributed by atoms with E-state index in [0.29, 0.717) is 12.1 Å². The van der Waals surface area contributed by atoms with Crippen molar-refractivity contribution in [1.29, 1.82) is 0 Å². The maximum atomic E-state index is 11.9. The quantitative estimate of drug-likeness (QED) is 0.300. The zero-order valence-corrected chi connectivity index (χ0v) is 21.2. The van der Waals surface area contributed by atoms with Crippen LogP contribution < -0.4 is 5.32 Å². The van der Waals surface area contributed by atoms with Crippen molar-refractivity contribution in [2.24, 2.45) is 0 Å². The van der Waals surface area contributed by atoms with Crippen molar-refractivity contribution >= 4 is 30.2 Å². The molecule has 0 fully saturated rings. The number of amides is 1. The van der Waals surface area contributed by atoms with E-state index >= 15 is 0 Å². The van der Waals surface area contributed by atoms with Gasteiger partial charge in [-0.05, 0) is 80.7 Å². The van der Waals surface area contributed by atoms with E-state index < -0.39 is 12.1 Å². The fraction of sp³-hybridized carbons (Fsp3) is 0.481. The summed E-state index contributed by atoms with van der Waals surface area (Å²) in [6.07, 6.45) is 7.38. The Labute approximate surface area is 210 Å². The topological polar surface area (TPSA) is 78.9 Å². The zero-order valence-electron chi connectivity index (χ0n) is 20.4. The molecule has 1 amide bonds. The summed E-state index contributed by atoms with van der Waals surface area (Å²) in [5, 5.41) is 11.5. The number of nitrogens with zero attached hydrogens (tertiary/aromatic N) is 1. The summed E-state index contributed by atoms with van der Waals surface area (Å²) in [5.74, 6) is -1.00. The molecule has 34 heavy (non-hydrogen) atoms. The van der Waals surface area contributed by atoms with Crippen molar-refractivity contribution in [1.82, 2.24) is 4.90 Å². The summed E-state index contributed by atoms with van der Waals surface area (Å²) in [4.78, 5) is 25.4. The third-order valence-electron chi connectivity index (χ3n) is 5.62. The first-order valence-electron chi connectivity index (χ1n) is 12.1. The van der Waals surface area contributed by atoms with Crippen LogP contribution in [0.25, 0.3) is 0 Å². The average Bonchev–Trinajstić information content (AvgIpc) is 2.81. The molecule has 2 aromatic carbocycles. The summed E-state index contributed by atoms with van der Waals surface area (Å²) in [6.45, 7) is 8.34. The van der Waals surface area contributed by atoms with Gasteiger partial charge >= 0.3 is 12.1 Å². The highest BCUT2D eigenvalue weighted by Gasteiger charge is 2.07. The number of rotatable bonds is 15. The van der Waals surface area contributed by atoms with Crippen molar-refractivity contribution in [3.8, 4) is 0 Å². The number of aromatic carboxylic acids is 1. The van der Waals surface area contributed by atoms with Gasteiger partial charge in [-0.25, -0.2) is 9.59 Å². The SMILES string of the molecule is CCCCN(CCCC)CCCc1ccc(CCOC(=O)Nc2ccc(C(=O)O)cc2)cc1.Cl. The van der Waals surface area contributed by atoms with E-state index in [0.717, 1.165) is 18.5 Å². The fourth-order valence-corrected chi connectivity index (χ4v) is 3.59. The van der Waals surface area contributed by atoms with Gasteiger partial charge in [0, 0.05) is 12.1 Å². The number of halogens is 1. The number of carboxylic acid groups (broad SMARTS) is 1. The van der Waals surface area contributed by atoms with E-state index in [-0.39, 0.29) is 24.6 Å². The molecular weight excluding hydrogens is 452 g/mol. The summed E-state index contributed by atoms with van der Waals surface area (Å²) in [5.41, 5.74) is 3.14. The Morgan fingerprint density at radius 3 is 1.88 bits per heavy atom. The van der Waals surface area contributed by atoms with E-state index in [2.05, 4.69) is 48.3 Å². The van der Waals surface area contributed by atoms with Crippen molar-refractivity contribution in [2.45, 2.75) is 58.8 Å². The lowest BCUT2D eigenvalue weighted by Gasteiger charge is -2.21. The Hall–Kier alpha value is -2.57. The van der Waals surface area contributed by atoms with Gasteiger partial charge in [0.05, 0.1) is 12.2 Å². The molecule has 0 unspecified atom stereocenters. The second-order valence-corrected chi connectivity index (χ2v) is 8.36. The average molecular weight is 491 g/mol. The van der Waals surface area contributed by atoms with Gasteiger partial charge in [0.15, 0.2) is 0 Å². The number of carbonyl (C=O) groups excluding carboxylic acids is 1. The number of aryl methyl sites for hydroxylation is 1. The zero-order chi connectivity index (χ0) is 23.9. The van der Waals surface area contributed by atoms with Gasteiger partial charge in [-0.2, -0.15) is 0 Å². The second-order valence-electron chi connectivity index (χ2n) is 8.36. The molecule has 0 heterocycles. The molecule has 2 aromatic rings. The first kappa shape index (κ1) is 29.5. The van der Waals surface area contributed by atoms with Gasteiger partial charge in [0.2, 0.25) is 0 Å². The molecule has 188 valence electrons. The number of benzene rings is 2.